The summed E-state index contributed by atoms with van der Waals surface area (Å²) in [4.78, 5) is 17.2. The van der Waals surface area contributed by atoms with Crippen LogP contribution in [0.3, 0.4) is 0 Å². The van der Waals surface area contributed by atoms with Gasteiger partial charge in [-0.05, 0) is 38.3 Å². The fraction of sp³-hybridized carbons (Fsp3) is 0.650. The molecule has 2 heterocycles. The van der Waals surface area contributed by atoms with Crippen LogP contribution in [0.1, 0.15) is 31.7 Å². The summed E-state index contributed by atoms with van der Waals surface area (Å²) in [5.41, 5.74) is 1.36. The Labute approximate surface area is 151 Å². The third-order valence-corrected chi connectivity index (χ3v) is 5.25. The molecule has 2 aliphatic heterocycles. The van der Waals surface area contributed by atoms with Crippen molar-refractivity contribution in [1.82, 2.24) is 15.1 Å². The molecule has 25 heavy (non-hydrogen) atoms. The number of nitrogens with zero attached hydrogens (tertiary/aromatic N) is 2. The highest BCUT2D eigenvalue weighted by molar-refractivity contribution is 5.78. The summed E-state index contributed by atoms with van der Waals surface area (Å²) in [5.74, 6) is 0.162. The molecule has 0 aliphatic carbocycles. The molecule has 138 valence electrons. The second-order valence-electron chi connectivity index (χ2n) is 7.35. The van der Waals surface area contributed by atoms with Crippen molar-refractivity contribution in [3.63, 3.8) is 0 Å². The van der Waals surface area contributed by atoms with Gasteiger partial charge in [0.05, 0.1) is 6.54 Å². The van der Waals surface area contributed by atoms with E-state index in [1.807, 2.05) is 0 Å². The highest BCUT2D eigenvalue weighted by Gasteiger charge is 2.24. The highest BCUT2D eigenvalue weighted by Crippen LogP contribution is 2.13. The summed E-state index contributed by atoms with van der Waals surface area (Å²) < 4.78 is 5.36. The number of carbonyl (C=O) groups is 1. The molecule has 0 bridgehead atoms. The van der Waals surface area contributed by atoms with Crippen LogP contribution < -0.4 is 5.32 Å². The minimum Gasteiger partial charge on any atom is -0.381 e. The number of benzene rings is 1. The standard InChI is InChI=1S/C20H31N3O2/c1-17-14-22(15-18-6-3-2-4-7-18)10-5-11-23(17)16-20(24)21-19-8-12-25-13-9-19/h2-4,6-7,17,19H,5,8-16H2,1H3,(H,21,24)/t17-/m1/s1. The Morgan fingerprint density at radius 3 is 2.72 bits per heavy atom. The molecule has 0 radical (unpaired) electrons. The lowest BCUT2D eigenvalue weighted by molar-refractivity contribution is -0.124. The summed E-state index contributed by atoms with van der Waals surface area (Å²) in [6, 6.07) is 11.3. The number of hydrogen-bond donors (Lipinski definition) is 1. The van der Waals surface area contributed by atoms with E-state index in [1.165, 1.54) is 5.56 Å². The molecule has 5 nitrogen and oxygen atoms in total. The van der Waals surface area contributed by atoms with Crippen molar-refractivity contribution in [2.75, 3.05) is 39.4 Å². The van der Waals surface area contributed by atoms with Crippen LogP contribution in [0.15, 0.2) is 30.3 Å². The predicted octanol–water partition coefficient (Wildman–Crippen LogP) is 1.88. The summed E-state index contributed by atoms with van der Waals surface area (Å²) in [6.45, 7) is 8.37. The summed E-state index contributed by atoms with van der Waals surface area (Å²) in [7, 11) is 0. The summed E-state index contributed by atoms with van der Waals surface area (Å²) in [6.07, 6.45) is 2.99. The van der Waals surface area contributed by atoms with Crippen LogP contribution in [0.5, 0.6) is 0 Å². The van der Waals surface area contributed by atoms with Gasteiger partial charge in [0.25, 0.3) is 0 Å². The predicted molar refractivity (Wildman–Crippen MR) is 99.4 cm³/mol. The normalized spacial score (nSPS) is 24.0. The SMILES string of the molecule is C[C@@H]1CN(Cc2ccccc2)CCCN1CC(=O)NC1CCOCC1. The minimum absolute atomic E-state index is 0.162. The molecule has 1 amide bonds. The Hall–Kier alpha value is -1.43. The molecule has 1 aromatic carbocycles. The van der Waals surface area contributed by atoms with Gasteiger partial charge in [-0.15, -0.1) is 0 Å². The molecule has 1 aromatic rings. The molecule has 1 N–H and O–H groups in total. The second kappa shape index (κ2) is 9.32. The molecule has 0 saturated carbocycles. The van der Waals surface area contributed by atoms with Gasteiger partial charge in [-0.1, -0.05) is 30.3 Å². The van der Waals surface area contributed by atoms with E-state index in [4.69, 9.17) is 4.74 Å². The zero-order valence-electron chi connectivity index (χ0n) is 15.3. The van der Waals surface area contributed by atoms with Crippen LogP contribution in [0.2, 0.25) is 0 Å². The third-order valence-electron chi connectivity index (χ3n) is 5.25. The summed E-state index contributed by atoms with van der Waals surface area (Å²) in [5, 5.41) is 3.18. The third kappa shape index (κ3) is 5.80. The maximum atomic E-state index is 12.4. The van der Waals surface area contributed by atoms with E-state index in [0.29, 0.717) is 12.6 Å². The summed E-state index contributed by atoms with van der Waals surface area (Å²) >= 11 is 0. The van der Waals surface area contributed by atoms with Crippen molar-refractivity contribution in [3.05, 3.63) is 35.9 Å². The van der Waals surface area contributed by atoms with Crippen LogP contribution in [-0.2, 0) is 16.1 Å². The lowest BCUT2D eigenvalue weighted by Crippen LogP contribution is -2.47. The molecule has 2 aliphatic rings. The number of ether oxygens (including phenoxy) is 1. The van der Waals surface area contributed by atoms with Gasteiger partial charge in [0.15, 0.2) is 0 Å². The van der Waals surface area contributed by atoms with Crippen molar-refractivity contribution in [3.8, 4) is 0 Å². The zero-order chi connectivity index (χ0) is 17.5. The number of nitrogens with one attached hydrogen (secondary N) is 1. The lowest BCUT2D eigenvalue weighted by atomic mass is 10.1. The van der Waals surface area contributed by atoms with Gasteiger partial charge >= 0.3 is 0 Å². The van der Waals surface area contributed by atoms with E-state index < -0.39 is 0 Å². The van der Waals surface area contributed by atoms with Crippen molar-refractivity contribution in [2.45, 2.75) is 44.8 Å². The maximum Gasteiger partial charge on any atom is 0.234 e. The molecule has 1 atom stereocenters. The Morgan fingerprint density at radius 1 is 1.20 bits per heavy atom. The molecule has 2 fully saturated rings. The van der Waals surface area contributed by atoms with Gasteiger partial charge in [0.1, 0.15) is 0 Å². The Kier molecular flexibility index (Phi) is 6.84. The first kappa shape index (κ1) is 18.4. The molecular formula is C20H31N3O2. The van der Waals surface area contributed by atoms with E-state index in [2.05, 4.69) is 52.4 Å². The van der Waals surface area contributed by atoms with Gasteiger partial charge in [-0.2, -0.15) is 0 Å². The first-order valence-electron chi connectivity index (χ1n) is 9.58. The second-order valence-corrected chi connectivity index (χ2v) is 7.35. The van der Waals surface area contributed by atoms with Crippen molar-refractivity contribution < 1.29 is 9.53 Å². The molecule has 3 rings (SSSR count). The topological polar surface area (TPSA) is 44.8 Å². The quantitative estimate of drug-likeness (QED) is 0.885. The Morgan fingerprint density at radius 2 is 1.96 bits per heavy atom. The van der Waals surface area contributed by atoms with Crippen molar-refractivity contribution in [1.29, 1.82) is 0 Å². The van der Waals surface area contributed by atoms with E-state index in [9.17, 15) is 4.79 Å². The van der Waals surface area contributed by atoms with E-state index in [0.717, 1.165) is 58.7 Å². The number of rotatable bonds is 5. The van der Waals surface area contributed by atoms with Crippen molar-refractivity contribution >= 4 is 5.91 Å². The van der Waals surface area contributed by atoms with Crippen LogP contribution in [0.4, 0.5) is 0 Å². The Bertz CT molecular complexity index is 531. The van der Waals surface area contributed by atoms with Crippen LogP contribution in [-0.4, -0.2) is 67.2 Å². The van der Waals surface area contributed by atoms with Crippen LogP contribution >= 0.6 is 0 Å². The maximum absolute atomic E-state index is 12.4. The van der Waals surface area contributed by atoms with Crippen molar-refractivity contribution in [2.24, 2.45) is 0 Å². The average Bonchev–Trinajstić information content (AvgIpc) is 2.78. The monoisotopic (exact) mass is 345 g/mol. The van der Waals surface area contributed by atoms with Gasteiger partial charge in [-0.3, -0.25) is 14.6 Å². The number of carbonyl (C=O) groups excluding carboxylic acids is 1. The van der Waals surface area contributed by atoms with Crippen LogP contribution in [0.25, 0.3) is 0 Å². The smallest absolute Gasteiger partial charge is 0.234 e. The molecule has 5 heteroatoms. The van der Waals surface area contributed by atoms with Gasteiger partial charge in [0, 0.05) is 44.9 Å². The first-order valence-corrected chi connectivity index (χ1v) is 9.58. The molecule has 0 spiro atoms. The lowest BCUT2D eigenvalue weighted by Gasteiger charge is -2.30. The van der Waals surface area contributed by atoms with E-state index in [-0.39, 0.29) is 11.9 Å². The van der Waals surface area contributed by atoms with Gasteiger partial charge in [0.2, 0.25) is 5.91 Å². The number of amides is 1. The zero-order valence-corrected chi connectivity index (χ0v) is 15.3. The molecule has 2 saturated heterocycles. The van der Waals surface area contributed by atoms with Gasteiger partial charge < -0.3 is 10.1 Å². The highest BCUT2D eigenvalue weighted by atomic mass is 16.5. The molecule has 0 unspecified atom stereocenters. The van der Waals surface area contributed by atoms with E-state index in [1.54, 1.807) is 0 Å². The van der Waals surface area contributed by atoms with Crippen LogP contribution in [0, 0.1) is 0 Å². The molecular weight excluding hydrogens is 314 g/mol. The Balaban J connectivity index is 1.47. The van der Waals surface area contributed by atoms with Gasteiger partial charge in [-0.25, -0.2) is 0 Å². The minimum atomic E-state index is 0.162. The fourth-order valence-electron chi connectivity index (χ4n) is 3.82. The number of hydrogen-bond acceptors (Lipinski definition) is 4. The van der Waals surface area contributed by atoms with E-state index >= 15 is 0 Å². The molecule has 0 aromatic heterocycles. The fourth-order valence-corrected chi connectivity index (χ4v) is 3.82. The average molecular weight is 345 g/mol. The first-order chi connectivity index (χ1) is 12.2. The largest absolute Gasteiger partial charge is 0.381 e.